The van der Waals surface area contributed by atoms with Crippen LogP contribution in [0.15, 0.2) is 0 Å². The zero-order chi connectivity index (χ0) is 12.1. The number of aliphatic carboxylic acids is 1. The molecule has 2 amide bonds. The van der Waals surface area contributed by atoms with Crippen molar-refractivity contribution in [3.05, 3.63) is 0 Å². The van der Waals surface area contributed by atoms with E-state index >= 15 is 0 Å². The molecule has 1 unspecified atom stereocenters. The van der Waals surface area contributed by atoms with E-state index in [2.05, 4.69) is 5.32 Å². The van der Waals surface area contributed by atoms with Crippen molar-refractivity contribution in [3.63, 3.8) is 0 Å². The second-order valence-corrected chi connectivity index (χ2v) is 3.56. The van der Waals surface area contributed by atoms with Crippen LogP contribution >= 0.6 is 0 Å². The Kier molecular flexibility index (Phi) is 4.39. The van der Waals surface area contributed by atoms with Crippen LogP contribution < -0.4 is 11.1 Å². The molecule has 1 rings (SSSR count). The molecule has 1 atom stereocenters. The lowest BCUT2D eigenvalue weighted by Gasteiger charge is -2.21. The van der Waals surface area contributed by atoms with Crippen LogP contribution in [-0.2, 0) is 14.4 Å². The zero-order valence-corrected chi connectivity index (χ0v) is 8.81. The molecule has 1 fully saturated rings. The molecule has 0 bridgehead atoms. The number of hydrogen-bond donors (Lipinski definition) is 3. The highest BCUT2D eigenvalue weighted by Crippen LogP contribution is 2.08. The fourth-order valence-electron chi connectivity index (χ4n) is 1.62. The first kappa shape index (κ1) is 12.6. The molecule has 16 heavy (non-hydrogen) atoms. The molecule has 7 heteroatoms. The van der Waals surface area contributed by atoms with E-state index in [0.29, 0.717) is 17.9 Å². The van der Waals surface area contributed by atoms with Gasteiger partial charge in [-0.1, -0.05) is 0 Å². The van der Waals surface area contributed by atoms with Gasteiger partial charge in [0.25, 0.3) is 0 Å². The highest BCUT2D eigenvalue weighted by molar-refractivity contribution is 6.01. The van der Waals surface area contributed by atoms with E-state index in [1.807, 2.05) is 0 Å². The summed E-state index contributed by atoms with van der Waals surface area (Å²) in [5.74, 6) is -2.40. The van der Waals surface area contributed by atoms with Crippen molar-refractivity contribution < 1.29 is 19.5 Å². The van der Waals surface area contributed by atoms with Crippen LogP contribution in [0.4, 0.5) is 0 Å². The molecule has 0 radical (unpaired) electrons. The van der Waals surface area contributed by atoms with Gasteiger partial charge in [0, 0.05) is 0 Å². The normalized spacial score (nSPS) is 19.4. The summed E-state index contributed by atoms with van der Waals surface area (Å²) in [5.41, 5.74) is 5.13. The number of carboxylic acids is 1. The van der Waals surface area contributed by atoms with Crippen molar-refractivity contribution in [3.8, 4) is 0 Å². The monoisotopic (exact) mass is 229 g/mol. The predicted molar refractivity (Wildman–Crippen MR) is 54.4 cm³/mol. The second-order valence-electron chi connectivity index (χ2n) is 3.56. The Hall–Kier alpha value is -1.47. The summed E-state index contributed by atoms with van der Waals surface area (Å²) in [6, 6.07) is -0.463. The molecule has 4 N–H and O–H groups in total. The standard InChI is InChI=1S/C9H15N3O4/c10-4-7(13)12(5-8(14)15)9(16)6-2-1-3-11-6/h6,11H,1-5,10H2,(H,14,15). The van der Waals surface area contributed by atoms with Crippen LogP contribution in [0.3, 0.4) is 0 Å². The van der Waals surface area contributed by atoms with Crippen molar-refractivity contribution in [1.29, 1.82) is 0 Å². The topological polar surface area (TPSA) is 113 Å². The Labute approximate surface area is 92.6 Å². The molecule has 0 aliphatic carbocycles. The molecule has 0 aromatic carbocycles. The van der Waals surface area contributed by atoms with E-state index in [1.165, 1.54) is 0 Å². The summed E-state index contributed by atoms with van der Waals surface area (Å²) >= 11 is 0. The van der Waals surface area contributed by atoms with Crippen LogP contribution in [0, 0.1) is 0 Å². The number of carbonyl (C=O) groups excluding carboxylic acids is 2. The minimum absolute atomic E-state index is 0.369. The molecular formula is C9H15N3O4. The Morgan fingerprint density at radius 1 is 1.44 bits per heavy atom. The van der Waals surface area contributed by atoms with E-state index < -0.39 is 30.4 Å². The molecular weight excluding hydrogens is 214 g/mol. The largest absolute Gasteiger partial charge is 0.480 e. The smallest absolute Gasteiger partial charge is 0.323 e. The zero-order valence-electron chi connectivity index (χ0n) is 8.81. The molecule has 1 aliphatic heterocycles. The Bertz CT molecular complexity index is 299. The maximum atomic E-state index is 11.8. The van der Waals surface area contributed by atoms with Crippen LogP contribution in [0.1, 0.15) is 12.8 Å². The number of nitrogens with one attached hydrogen (secondary N) is 1. The van der Waals surface area contributed by atoms with E-state index in [1.54, 1.807) is 0 Å². The third-order valence-electron chi connectivity index (χ3n) is 2.39. The average molecular weight is 229 g/mol. The van der Waals surface area contributed by atoms with Gasteiger partial charge in [-0.25, -0.2) is 0 Å². The van der Waals surface area contributed by atoms with Crippen molar-refractivity contribution in [2.45, 2.75) is 18.9 Å². The third kappa shape index (κ3) is 3.01. The maximum Gasteiger partial charge on any atom is 0.323 e. The first-order chi connectivity index (χ1) is 7.56. The minimum Gasteiger partial charge on any atom is -0.480 e. The van der Waals surface area contributed by atoms with Gasteiger partial charge in [0.2, 0.25) is 11.8 Å². The quantitative estimate of drug-likeness (QED) is 0.521. The van der Waals surface area contributed by atoms with Gasteiger partial charge in [-0.2, -0.15) is 0 Å². The molecule has 1 heterocycles. The van der Waals surface area contributed by atoms with Crippen LogP contribution in [0.2, 0.25) is 0 Å². The summed E-state index contributed by atoms with van der Waals surface area (Å²) in [6.45, 7) is -0.299. The lowest BCUT2D eigenvalue weighted by Crippen LogP contribution is -2.50. The summed E-state index contributed by atoms with van der Waals surface area (Å²) in [5, 5.41) is 11.5. The summed E-state index contributed by atoms with van der Waals surface area (Å²) in [6.07, 6.45) is 1.46. The Morgan fingerprint density at radius 2 is 2.12 bits per heavy atom. The molecule has 0 saturated carbocycles. The number of imide groups is 1. The minimum atomic E-state index is -1.23. The molecule has 0 spiro atoms. The van der Waals surface area contributed by atoms with Crippen molar-refractivity contribution in [2.24, 2.45) is 5.73 Å². The van der Waals surface area contributed by atoms with Gasteiger partial charge >= 0.3 is 5.97 Å². The van der Waals surface area contributed by atoms with Crippen LogP contribution in [-0.4, -0.2) is 53.5 Å². The summed E-state index contributed by atoms with van der Waals surface area (Å²) < 4.78 is 0. The van der Waals surface area contributed by atoms with Gasteiger partial charge in [0.05, 0.1) is 12.6 Å². The van der Waals surface area contributed by atoms with Crippen molar-refractivity contribution >= 4 is 17.8 Å². The number of hydrogen-bond acceptors (Lipinski definition) is 5. The second kappa shape index (κ2) is 5.57. The Balaban J connectivity index is 2.70. The van der Waals surface area contributed by atoms with Gasteiger partial charge in [0.15, 0.2) is 0 Å². The van der Waals surface area contributed by atoms with Gasteiger partial charge in [0.1, 0.15) is 6.54 Å². The molecule has 0 aromatic rings. The van der Waals surface area contributed by atoms with Gasteiger partial charge in [-0.3, -0.25) is 19.3 Å². The molecule has 0 aromatic heterocycles. The third-order valence-corrected chi connectivity index (χ3v) is 2.39. The molecule has 90 valence electrons. The fraction of sp³-hybridized carbons (Fsp3) is 0.667. The average Bonchev–Trinajstić information content (AvgIpc) is 2.77. The van der Waals surface area contributed by atoms with Gasteiger partial charge in [-0.15, -0.1) is 0 Å². The maximum absolute atomic E-state index is 11.8. The lowest BCUT2D eigenvalue weighted by atomic mass is 10.2. The van der Waals surface area contributed by atoms with E-state index in [9.17, 15) is 14.4 Å². The van der Waals surface area contributed by atoms with Crippen LogP contribution in [0.5, 0.6) is 0 Å². The fourth-order valence-corrected chi connectivity index (χ4v) is 1.62. The van der Waals surface area contributed by atoms with E-state index in [0.717, 1.165) is 6.42 Å². The Morgan fingerprint density at radius 3 is 2.56 bits per heavy atom. The van der Waals surface area contributed by atoms with Crippen LogP contribution in [0.25, 0.3) is 0 Å². The van der Waals surface area contributed by atoms with Gasteiger partial charge in [-0.05, 0) is 19.4 Å². The first-order valence-electron chi connectivity index (χ1n) is 5.05. The van der Waals surface area contributed by atoms with Crippen molar-refractivity contribution in [2.75, 3.05) is 19.6 Å². The number of rotatable bonds is 4. The molecule has 1 saturated heterocycles. The highest BCUT2D eigenvalue weighted by atomic mass is 16.4. The highest BCUT2D eigenvalue weighted by Gasteiger charge is 2.31. The summed E-state index contributed by atoms with van der Waals surface area (Å²) in [4.78, 5) is 34.4. The number of carboxylic acid groups (broad SMARTS) is 1. The molecule has 7 nitrogen and oxygen atoms in total. The number of amides is 2. The van der Waals surface area contributed by atoms with E-state index in [-0.39, 0.29) is 6.54 Å². The molecule has 1 aliphatic rings. The number of carbonyl (C=O) groups is 3. The summed E-state index contributed by atoms with van der Waals surface area (Å²) in [7, 11) is 0. The lowest BCUT2D eigenvalue weighted by molar-refractivity contribution is -0.152. The van der Waals surface area contributed by atoms with Gasteiger partial charge < -0.3 is 16.2 Å². The van der Waals surface area contributed by atoms with E-state index in [4.69, 9.17) is 10.8 Å². The SMILES string of the molecule is NCC(=O)N(CC(=O)O)C(=O)C1CCCN1. The predicted octanol–water partition coefficient (Wildman–Crippen LogP) is -1.86. The first-order valence-corrected chi connectivity index (χ1v) is 5.05. The number of nitrogens with two attached hydrogens (primary N) is 1. The van der Waals surface area contributed by atoms with Crippen molar-refractivity contribution in [1.82, 2.24) is 10.2 Å². The number of nitrogens with zero attached hydrogens (tertiary/aromatic N) is 1.